The van der Waals surface area contributed by atoms with Gasteiger partial charge < -0.3 is 38.4 Å². The molecule has 168 valence electrons. The minimum Gasteiger partial charge on any atom is -0.502 e. The molecule has 0 bridgehead atoms. The monoisotopic (exact) mass is 433 g/mol. The number of fused-ring (bicyclic) bond motifs is 1. The fourth-order valence-corrected chi connectivity index (χ4v) is 4.41. The van der Waals surface area contributed by atoms with Gasteiger partial charge in [0.25, 0.3) is 0 Å². The summed E-state index contributed by atoms with van der Waals surface area (Å²) in [5.41, 5.74) is 2.22. The number of likely N-dealkylation sites (tertiary alicyclic amines) is 1. The number of hydrogen-bond acceptors (Lipinski definition) is 9. The summed E-state index contributed by atoms with van der Waals surface area (Å²) in [5.74, 6) is 0.881. The van der Waals surface area contributed by atoms with Gasteiger partial charge in [-0.2, -0.15) is 0 Å². The van der Waals surface area contributed by atoms with Gasteiger partial charge >= 0.3 is 5.97 Å². The number of phenols is 1. The Balaban J connectivity index is 1.60. The van der Waals surface area contributed by atoms with Gasteiger partial charge in [0, 0.05) is 31.7 Å². The number of esters is 1. The van der Waals surface area contributed by atoms with Crippen LogP contribution < -0.4 is 9.47 Å². The van der Waals surface area contributed by atoms with Gasteiger partial charge in [-0.1, -0.05) is 5.57 Å². The highest BCUT2D eigenvalue weighted by Gasteiger charge is 2.44. The summed E-state index contributed by atoms with van der Waals surface area (Å²) in [6.07, 6.45) is 0.606. The SMILES string of the molecule is COc1cc(C(=O)OCC2=C3CCN(C)CC3C(OC)C3=C2OCO3)cc(OC)c1O. The molecule has 0 saturated carbocycles. The van der Waals surface area contributed by atoms with Crippen molar-refractivity contribution >= 4 is 5.97 Å². The summed E-state index contributed by atoms with van der Waals surface area (Å²) in [6.45, 7) is 1.87. The summed E-state index contributed by atoms with van der Waals surface area (Å²) in [5, 5.41) is 10.1. The number of ether oxygens (including phenoxy) is 6. The van der Waals surface area contributed by atoms with Gasteiger partial charge in [0.15, 0.2) is 23.0 Å². The third kappa shape index (κ3) is 3.79. The van der Waals surface area contributed by atoms with Gasteiger partial charge in [-0.25, -0.2) is 4.79 Å². The first-order valence-corrected chi connectivity index (χ1v) is 10.0. The molecule has 1 saturated heterocycles. The maximum atomic E-state index is 12.8. The standard InChI is InChI=1S/C22H27NO8/c1-23-6-5-13-14(9-23)19(28-4)21-20(30-11-31-21)15(13)10-29-22(25)12-7-16(26-2)18(24)17(8-12)27-3/h7-8,14,19,24H,5-6,9-11H2,1-4H3. The van der Waals surface area contributed by atoms with Gasteiger partial charge in [-0.3, -0.25) is 0 Å². The van der Waals surface area contributed by atoms with Crippen molar-refractivity contribution in [1.29, 1.82) is 0 Å². The molecule has 2 heterocycles. The molecule has 2 aliphatic heterocycles. The van der Waals surface area contributed by atoms with Crippen LogP contribution in [0.3, 0.4) is 0 Å². The highest BCUT2D eigenvalue weighted by Crippen LogP contribution is 2.43. The van der Waals surface area contributed by atoms with Crippen molar-refractivity contribution in [3.05, 3.63) is 40.4 Å². The van der Waals surface area contributed by atoms with Gasteiger partial charge in [0.2, 0.25) is 12.5 Å². The molecular weight excluding hydrogens is 406 g/mol. The van der Waals surface area contributed by atoms with Crippen molar-refractivity contribution in [2.75, 3.05) is 54.9 Å². The summed E-state index contributed by atoms with van der Waals surface area (Å²) in [7, 11) is 6.54. The number of carbonyl (C=O) groups excluding carboxylic acids is 1. The lowest BCUT2D eigenvalue weighted by molar-refractivity contribution is 0.00811. The number of nitrogens with zero attached hydrogens (tertiary/aromatic N) is 1. The predicted octanol–water partition coefficient (Wildman–Crippen LogP) is 2.06. The zero-order valence-corrected chi connectivity index (χ0v) is 18.1. The number of carbonyl (C=O) groups is 1. The first kappa shape index (κ1) is 21.3. The second-order valence-electron chi connectivity index (χ2n) is 7.68. The minimum absolute atomic E-state index is 0.0402. The Morgan fingerprint density at radius 2 is 1.90 bits per heavy atom. The quantitative estimate of drug-likeness (QED) is 0.676. The van der Waals surface area contributed by atoms with Crippen molar-refractivity contribution < 1.29 is 38.3 Å². The normalized spacial score (nSPS) is 23.0. The fourth-order valence-electron chi connectivity index (χ4n) is 4.41. The van der Waals surface area contributed by atoms with Crippen LogP contribution in [-0.4, -0.2) is 76.9 Å². The molecular formula is C22H27NO8. The zero-order chi connectivity index (χ0) is 22.1. The lowest BCUT2D eigenvalue weighted by Crippen LogP contribution is -2.44. The highest BCUT2D eigenvalue weighted by molar-refractivity contribution is 5.91. The van der Waals surface area contributed by atoms with Crippen molar-refractivity contribution in [2.45, 2.75) is 12.5 Å². The van der Waals surface area contributed by atoms with Crippen molar-refractivity contribution in [2.24, 2.45) is 5.92 Å². The van der Waals surface area contributed by atoms with Crippen LogP contribution in [0.4, 0.5) is 0 Å². The number of rotatable bonds is 6. The second-order valence-corrected chi connectivity index (χ2v) is 7.68. The summed E-state index contributed by atoms with van der Waals surface area (Å²) >= 11 is 0. The third-order valence-electron chi connectivity index (χ3n) is 5.96. The van der Waals surface area contributed by atoms with Crippen molar-refractivity contribution in [1.82, 2.24) is 4.90 Å². The van der Waals surface area contributed by atoms with Crippen LogP contribution >= 0.6 is 0 Å². The molecule has 0 aromatic heterocycles. The summed E-state index contributed by atoms with van der Waals surface area (Å²) < 4.78 is 33.1. The predicted molar refractivity (Wildman–Crippen MR) is 109 cm³/mol. The number of phenolic OH excluding ortho intramolecular Hbond substituents is 1. The Bertz CT molecular complexity index is 912. The van der Waals surface area contributed by atoms with E-state index in [1.807, 2.05) is 0 Å². The average molecular weight is 433 g/mol. The third-order valence-corrected chi connectivity index (χ3v) is 5.96. The molecule has 0 amide bonds. The molecule has 1 aliphatic carbocycles. The maximum Gasteiger partial charge on any atom is 0.338 e. The van der Waals surface area contributed by atoms with Gasteiger partial charge in [0.1, 0.15) is 12.7 Å². The van der Waals surface area contributed by atoms with Crippen LogP contribution in [-0.2, 0) is 18.9 Å². The van der Waals surface area contributed by atoms with E-state index in [9.17, 15) is 9.90 Å². The Morgan fingerprint density at radius 3 is 2.55 bits per heavy atom. The van der Waals surface area contributed by atoms with Crippen molar-refractivity contribution in [3.63, 3.8) is 0 Å². The molecule has 1 fully saturated rings. The topological polar surface area (TPSA) is 95.9 Å². The van der Waals surface area contributed by atoms with Crippen LogP contribution in [0.15, 0.2) is 34.8 Å². The van der Waals surface area contributed by atoms with E-state index in [1.165, 1.54) is 31.9 Å². The van der Waals surface area contributed by atoms with Gasteiger partial charge in [0.05, 0.1) is 19.8 Å². The van der Waals surface area contributed by atoms with E-state index in [-0.39, 0.29) is 48.2 Å². The largest absolute Gasteiger partial charge is 0.502 e. The van der Waals surface area contributed by atoms with E-state index < -0.39 is 5.97 Å². The van der Waals surface area contributed by atoms with Crippen LogP contribution in [0.2, 0.25) is 0 Å². The lowest BCUT2D eigenvalue weighted by Gasteiger charge is -2.40. The number of piperidine rings is 1. The zero-order valence-electron chi connectivity index (χ0n) is 18.1. The molecule has 2 unspecified atom stereocenters. The molecule has 1 N–H and O–H groups in total. The summed E-state index contributed by atoms with van der Waals surface area (Å²) in [4.78, 5) is 15.1. The first-order chi connectivity index (χ1) is 15.0. The van der Waals surface area contributed by atoms with Gasteiger partial charge in [-0.15, -0.1) is 0 Å². The van der Waals surface area contributed by atoms with E-state index in [0.717, 1.165) is 25.1 Å². The lowest BCUT2D eigenvalue weighted by atomic mass is 9.79. The van der Waals surface area contributed by atoms with Crippen LogP contribution in [0.25, 0.3) is 0 Å². The van der Waals surface area contributed by atoms with E-state index in [2.05, 4.69) is 11.9 Å². The summed E-state index contributed by atoms with van der Waals surface area (Å²) in [6, 6.07) is 2.83. The maximum absolute atomic E-state index is 12.8. The highest BCUT2D eigenvalue weighted by atomic mass is 16.7. The van der Waals surface area contributed by atoms with E-state index in [1.54, 1.807) is 7.11 Å². The Labute approximate surface area is 180 Å². The molecule has 0 spiro atoms. The van der Waals surface area contributed by atoms with E-state index >= 15 is 0 Å². The Hall–Kier alpha value is -2.91. The Morgan fingerprint density at radius 1 is 1.19 bits per heavy atom. The second kappa shape index (κ2) is 8.68. The van der Waals surface area contributed by atoms with Crippen LogP contribution in [0.1, 0.15) is 16.8 Å². The van der Waals surface area contributed by atoms with Gasteiger partial charge in [-0.05, 0) is 25.6 Å². The number of aromatic hydroxyl groups is 1. The molecule has 9 nitrogen and oxygen atoms in total. The Kier molecular flexibility index (Phi) is 5.97. The number of benzene rings is 1. The average Bonchev–Trinajstić information content (AvgIpc) is 3.26. The fraction of sp³-hybridized carbons (Fsp3) is 0.500. The molecule has 9 heteroatoms. The van der Waals surface area contributed by atoms with E-state index in [0.29, 0.717) is 11.5 Å². The molecule has 1 aromatic rings. The molecule has 0 radical (unpaired) electrons. The van der Waals surface area contributed by atoms with E-state index in [4.69, 9.17) is 28.4 Å². The molecule has 4 rings (SSSR count). The number of methoxy groups -OCH3 is 3. The molecule has 31 heavy (non-hydrogen) atoms. The molecule has 3 aliphatic rings. The smallest absolute Gasteiger partial charge is 0.338 e. The molecule has 2 atom stereocenters. The molecule has 1 aromatic carbocycles. The first-order valence-electron chi connectivity index (χ1n) is 10.0. The van der Waals surface area contributed by atoms with Crippen LogP contribution in [0, 0.1) is 5.92 Å². The minimum atomic E-state index is -0.566. The van der Waals surface area contributed by atoms with Crippen LogP contribution in [0.5, 0.6) is 17.2 Å². The number of hydrogen-bond donors (Lipinski definition) is 1. The van der Waals surface area contributed by atoms with Crippen molar-refractivity contribution in [3.8, 4) is 17.2 Å².